The van der Waals surface area contributed by atoms with Crippen LogP contribution in [0.2, 0.25) is 0 Å². The van der Waals surface area contributed by atoms with Gasteiger partial charge >= 0.3 is 0 Å². The summed E-state index contributed by atoms with van der Waals surface area (Å²) in [7, 11) is 0. The molecule has 0 radical (unpaired) electrons. The van der Waals surface area contributed by atoms with Crippen LogP contribution in [-0.2, 0) is 0 Å². The second-order valence-corrected chi connectivity index (χ2v) is 13.9. The van der Waals surface area contributed by atoms with Crippen molar-refractivity contribution in [2.24, 2.45) is 69.8 Å². The Morgan fingerprint density at radius 3 is 2.19 bits per heavy atom. The van der Waals surface area contributed by atoms with E-state index in [1.165, 1.54) is 70.6 Å². The lowest BCUT2D eigenvalue weighted by Crippen LogP contribution is -2.57. The van der Waals surface area contributed by atoms with Crippen LogP contribution in [0.3, 0.4) is 0 Å². The van der Waals surface area contributed by atoms with Crippen molar-refractivity contribution in [3.05, 3.63) is 0 Å². The van der Waals surface area contributed by atoms with E-state index in [0.717, 1.165) is 53.3 Å². The van der Waals surface area contributed by atoms with Crippen LogP contribution >= 0.6 is 0 Å². The summed E-state index contributed by atoms with van der Waals surface area (Å²) in [6, 6.07) is 0.473. The van der Waals surface area contributed by atoms with Crippen molar-refractivity contribution >= 4 is 0 Å². The molecule has 2 N–H and O–H groups in total. The highest BCUT2D eigenvalue weighted by atomic mass is 14.7. The Morgan fingerprint density at radius 2 is 1.52 bits per heavy atom. The first-order chi connectivity index (χ1) is 14.6. The molecular weight excluding hydrogens is 374 g/mol. The maximum absolute atomic E-state index is 6.47. The van der Waals surface area contributed by atoms with E-state index in [1.807, 2.05) is 0 Å². The molecular formula is C30H55N. The van der Waals surface area contributed by atoms with Gasteiger partial charge in [-0.2, -0.15) is 0 Å². The standard InChI is InChI=1S/C30H55N/c1-8-22(19(2)3)10-9-20(4)25-11-12-26-24-17-21(5)28-18-23(31)13-15-30(28,7)27(24)14-16-29(25,26)6/h19-28H,8-18,31H2,1-7H3. The lowest BCUT2D eigenvalue weighted by atomic mass is 9.42. The summed E-state index contributed by atoms with van der Waals surface area (Å²) in [5, 5.41) is 0. The second-order valence-electron chi connectivity index (χ2n) is 13.9. The van der Waals surface area contributed by atoms with Crippen molar-refractivity contribution in [3.63, 3.8) is 0 Å². The molecule has 180 valence electrons. The van der Waals surface area contributed by atoms with Crippen LogP contribution < -0.4 is 5.73 Å². The number of nitrogens with two attached hydrogens (primary N) is 1. The number of fused-ring (bicyclic) bond motifs is 5. The Labute approximate surface area is 195 Å². The molecule has 0 saturated heterocycles. The lowest BCUT2D eigenvalue weighted by Gasteiger charge is -2.63. The van der Waals surface area contributed by atoms with Gasteiger partial charge in [-0.25, -0.2) is 0 Å². The Morgan fingerprint density at radius 1 is 0.839 bits per heavy atom. The summed E-state index contributed by atoms with van der Waals surface area (Å²) in [5.74, 6) is 8.42. The highest BCUT2D eigenvalue weighted by Crippen LogP contribution is 2.69. The fraction of sp³-hybridized carbons (Fsp3) is 1.00. The molecule has 31 heavy (non-hydrogen) atoms. The molecule has 11 atom stereocenters. The maximum atomic E-state index is 6.47. The predicted octanol–water partition coefficient (Wildman–Crippen LogP) is 8.32. The van der Waals surface area contributed by atoms with Gasteiger partial charge in [0.05, 0.1) is 0 Å². The zero-order chi connectivity index (χ0) is 22.6. The van der Waals surface area contributed by atoms with Gasteiger partial charge in [-0.05, 0) is 122 Å². The van der Waals surface area contributed by atoms with Crippen LogP contribution in [0, 0.1) is 64.1 Å². The third kappa shape index (κ3) is 4.06. The quantitative estimate of drug-likeness (QED) is 0.451. The van der Waals surface area contributed by atoms with Gasteiger partial charge in [0.1, 0.15) is 0 Å². The minimum Gasteiger partial charge on any atom is -0.328 e. The second kappa shape index (κ2) is 8.96. The average molecular weight is 430 g/mol. The van der Waals surface area contributed by atoms with E-state index >= 15 is 0 Å². The number of hydrogen-bond donors (Lipinski definition) is 1. The van der Waals surface area contributed by atoms with Crippen molar-refractivity contribution in [1.29, 1.82) is 0 Å². The first-order valence-corrected chi connectivity index (χ1v) is 14.4. The summed E-state index contributed by atoms with van der Waals surface area (Å²) >= 11 is 0. The van der Waals surface area contributed by atoms with E-state index in [9.17, 15) is 0 Å². The molecule has 4 saturated carbocycles. The van der Waals surface area contributed by atoms with E-state index in [-0.39, 0.29) is 0 Å². The Bertz CT molecular complexity index is 612. The first kappa shape index (κ1) is 24.1. The van der Waals surface area contributed by atoms with Gasteiger partial charge in [0.25, 0.3) is 0 Å². The van der Waals surface area contributed by atoms with Crippen molar-refractivity contribution in [3.8, 4) is 0 Å². The third-order valence-corrected chi connectivity index (χ3v) is 12.3. The lowest BCUT2D eigenvalue weighted by molar-refractivity contribution is -0.136. The van der Waals surface area contributed by atoms with Crippen LogP contribution in [0.5, 0.6) is 0 Å². The summed E-state index contributed by atoms with van der Waals surface area (Å²) in [6.07, 6.45) is 15.8. The minimum absolute atomic E-state index is 0.473. The van der Waals surface area contributed by atoms with Gasteiger partial charge in [0.15, 0.2) is 0 Å². The van der Waals surface area contributed by atoms with Crippen molar-refractivity contribution < 1.29 is 0 Å². The van der Waals surface area contributed by atoms with Crippen LogP contribution in [-0.4, -0.2) is 6.04 Å². The van der Waals surface area contributed by atoms with Gasteiger partial charge in [-0.3, -0.25) is 0 Å². The molecule has 4 rings (SSSR count). The normalized spacial score (nSPS) is 49.3. The zero-order valence-electron chi connectivity index (χ0n) is 22.1. The Kier molecular flexibility index (Phi) is 6.96. The molecule has 0 aromatic heterocycles. The molecule has 1 heteroatoms. The van der Waals surface area contributed by atoms with E-state index in [2.05, 4.69) is 48.5 Å². The molecule has 0 heterocycles. The SMILES string of the molecule is CCC(CCC(C)C1CCC2C3CC(C)C4CC(N)CCC4(C)C3CCC12C)C(C)C. The number of rotatable bonds is 6. The molecule has 0 aromatic carbocycles. The molecule has 0 spiro atoms. The van der Waals surface area contributed by atoms with E-state index < -0.39 is 0 Å². The van der Waals surface area contributed by atoms with Crippen molar-refractivity contribution in [1.82, 2.24) is 0 Å². The van der Waals surface area contributed by atoms with Crippen LogP contribution in [0.25, 0.3) is 0 Å². The smallest absolute Gasteiger partial charge is 0.00419 e. The van der Waals surface area contributed by atoms with E-state index in [1.54, 1.807) is 0 Å². The largest absolute Gasteiger partial charge is 0.328 e. The Hall–Kier alpha value is -0.0400. The zero-order valence-corrected chi connectivity index (χ0v) is 22.1. The number of hydrogen-bond acceptors (Lipinski definition) is 1. The molecule has 0 aromatic rings. The van der Waals surface area contributed by atoms with Crippen molar-refractivity contribution in [2.75, 3.05) is 0 Å². The van der Waals surface area contributed by atoms with Gasteiger partial charge in [0.2, 0.25) is 0 Å². The van der Waals surface area contributed by atoms with Gasteiger partial charge in [0, 0.05) is 6.04 Å². The summed E-state index contributed by atoms with van der Waals surface area (Å²) in [4.78, 5) is 0. The highest BCUT2D eigenvalue weighted by molar-refractivity contribution is 5.11. The molecule has 4 fully saturated rings. The monoisotopic (exact) mass is 429 g/mol. The molecule has 0 aliphatic heterocycles. The molecule has 11 unspecified atom stereocenters. The fourth-order valence-corrected chi connectivity index (χ4v) is 10.4. The van der Waals surface area contributed by atoms with Gasteiger partial charge in [-0.1, -0.05) is 61.3 Å². The van der Waals surface area contributed by atoms with Crippen LogP contribution in [0.15, 0.2) is 0 Å². The van der Waals surface area contributed by atoms with Crippen LogP contribution in [0.1, 0.15) is 119 Å². The molecule has 0 bridgehead atoms. The third-order valence-electron chi connectivity index (χ3n) is 12.3. The minimum atomic E-state index is 0.473. The molecule has 4 aliphatic rings. The Balaban J connectivity index is 1.48. The van der Waals surface area contributed by atoms with Crippen LogP contribution in [0.4, 0.5) is 0 Å². The van der Waals surface area contributed by atoms with Gasteiger partial charge in [-0.15, -0.1) is 0 Å². The first-order valence-electron chi connectivity index (χ1n) is 14.4. The summed E-state index contributed by atoms with van der Waals surface area (Å²) in [5.41, 5.74) is 7.66. The van der Waals surface area contributed by atoms with Crippen molar-refractivity contribution in [2.45, 2.75) is 125 Å². The summed E-state index contributed by atoms with van der Waals surface area (Å²) in [6.45, 7) is 17.9. The van der Waals surface area contributed by atoms with E-state index in [4.69, 9.17) is 5.73 Å². The topological polar surface area (TPSA) is 26.0 Å². The average Bonchev–Trinajstić information content (AvgIpc) is 3.07. The van der Waals surface area contributed by atoms with Gasteiger partial charge < -0.3 is 5.73 Å². The predicted molar refractivity (Wildman–Crippen MR) is 135 cm³/mol. The molecule has 0 amide bonds. The highest BCUT2D eigenvalue weighted by Gasteiger charge is 2.61. The maximum Gasteiger partial charge on any atom is 0.00419 e. The summed E-state index contributed by atoms with van der Waals surface area (Å²) < 4.78 is 0. The molecule has 4 aliphatic carbocycles. The fourth-order valence-electron chi connectivity index (χ4n) is 10.4. The van der Waals surface area contributed by atoms with E-state index in [0.29, 0.717) is 16.9 Å². The molecule has 1 nitrogen and oxygen atoms in total.